The highest BCUT2D eigenvalue weighted by Gasteiger charge is 2.40. The molecule has 0 bridgehead atoms. The second kappa shape index (κ2) is 3.38. The zero-order valence-corrected chi connectivity index (χ0v) is 9.72. The Morgan fingerprint density at radius 3 is 2.00 bits per heavy atom. The Hall–Kier alpha value is -1.29. The van der Waals surface area contributed by atoms with Crippen LogP contribution in [0.5, 0.6) is 0 Å². The van der Waals surface area contributed by atoms with Gasteiger partial charge in [0.2, 0.25) is 0 Å². The molecule has 1 saturated carbocycles. The standard InChI is InChI=1S/C14H17N/c1-10-7-11(2)13(12(3)8-10)14(9-15)5-4-6-14/h7-8H,4-6H2,1-3H3. The number of rotatable bonds is 1. The van der Waals surface area contributed by atoms with E-state index in [0.29, 0.717) is 0 Å². The lowest BCUT2D eigenvalue weighted by molar-refractivity contribution is 0.321. The van der Waals surface area contributed by atoms with Crippen LogP contribution in [-0.4, -0.2) is 0 Å². The zero-order chi connectivity index (χ0) is 11.1. The largest absolute Gasteiger partial charge is 0.197 e. The van der Waals surface area contributed by atoms with E-state index >= 15 is 0 Å². The number of benzene rings is 1. The zero-order valence-electron chi connectivity index (χ0n) is 9.72. The second-order valence-corrected chi connectivity index (χ2v) is 4.82. The Morgan fingerprint density at radius 2 is 1.67 bits per heavy atom. The SMILES string of the molecule is Cc1cc(C)c(C2(C#N)CCC2)c(C)c1. The van der Waals surface area contributed by atoms with Crippen LogP contribution in [0.15, 0.2) is 12.1 Å². The van der Waals surface area contributed by atoms with Gasteiger partial charge in [0.1, 0.15) is 0 Å². The van der Waals surface area contributed by atoms with Crippen molar-refractivity contribution in [2.24, 2.45) is 0 Å². The van der Waals surface area contributed by atoms with Crippen molar-refractivity contribution in [2.75, 3.05) is 0 Å². The molecule has 1 aromatic rings. The van der Waals surface area contributed by atoms with Gasteiger partial charge in [-0.3, -0.25) is 0 Å². The van der Waals surface area contributed by atoms with E-state index in [1.54, 1.807) is 0 Å². The van der Waals surface area contributed by atoms with Crippen LogP contribution >= 0.6 is 0 Å². The first-order valence-electron chi connectivity index (χ1n) is 5.59. The number of nitrogens with zero attached hydrogens (tertiary/aromatic N) is 1. The summed E-state index contributed by atoms with van der Waals surface area (Å²) >= 11 is 0. The van der Waals surface area contributed by atoms with Crippen molar-refractivity contribution in [3.05, 3.63) is 34.4 Å². The van der Waals surface area contributed by atoms with Gasteiger partial charge in [-0.25, -0.2) is 0 Å². The van der Waals surface area contributed by atoms with E-state index in [2.05, 4.69) is 39.0 Å². The van der Waals surface area contributed by atoms with Crippen molar-refractivity contribution >= 4 is 0 Å². The molecule has 1 aromatic carbocycles. The van der Waals surface area contributed by atoms with Crippen LogP contribution in [0.25, 0.3) is 0 Å². The van der Waals surface area contributed by atoms with Gasteiger partial charge in [-0.2, -0.15) is 5.26 Å². The molecule has 0 atom stereocenters. The predicted octanol–water partition coefficient (Wildman–Crippen LogP) is 3.56. The van der Waals surface area contributed by atoms with Gasteiger partial charge >= 0.3 is 0 Å². The average molecular weight is 199 g/mol. The van der Waals surface area contributed by atoms with Crippen LogP contribution < -0.4 is 0 Å². The minimum absolute atomic E-state index is 0.165. The summed E-state index contributed by atoms with van der Waals surface area (Å²) in [6.07, 6.45) is 3.27. The van der Waals surface area contributed by atoms with E-state index in [4.69, 9.17) is 0 Å². The topological polar surface area (TPSA) is 23.8 Å². The fourth-order valence-corrected chi connectivity index (χ4v) is 2.88. The molecular weight excluding hydrogens is 182 g/mol. The third kappa shape index (κ3) is 1.45. The molecule has 0 saturated heterocycles. The first-order valence-corrected chi connectivity index (χ1v) is 5.59. The van der Waals surface area contributed by atoms with Crippen LogP contribution in [0.1, 0.15) is 41.5 Å². The summed E-state index contributed by atoms with van der Waals surface area (Å²) < 4.78 is 0. The van der Waals surface area contributed by atoms with Crippen molar-refractivity contribution in [1.29, 1.82) is 5.26 Å². The van der Waals surface area contributed by atoms with Gasteiger partial charge in [-0.15, -0.1) is 0 Å². The van der Waals surface area contributed by atoms with E-state index in [1.165, 1.54) is 28.7 Å². The molecule has 1 fully saturated rings. The van der Waals surface area contributed by atoms with Crippen molar-refractivity contribution < 1.29 is 0 Å². The van der Waals surface area contributed by atoms with Gasteiger partial charge in [0.25, 0.3) is 0 Å². The smallest absolute Gasteiger partial charge is 0.0827 e. The van der Waals surface area contributed by atoms with Crippen molar-refractivity contribution in [3.8, 4) is 6.07 Å². The van der Waals surface area contributed by atoms with E-state index in [0.717, 1.165) is 12.8 Å². The van der Waals surface area contributed by atoms with Crippen LogP contribution in [0, 0.1) is 32.1 Å². The molecule has 1 heteroatoms. The maximum absolute atomic E-state index is 9.36. The molecule has 15 heavy (non-hydrogen) atoms. The van der Waals surface area contributed by atoms with Crippen LogP contribution in [0.4, 0.5) is 0 Å². The first kappa shape index (κ1) is 10.2. The van der Waals surface area contributed by atoms with Gasteiger partial charge in [0.05, 0.1) is 11.5 Å². The minimum Gasteiger partial charge on any atom is -0.197 e. The normalized spacial score (nSPS) is 18.0. The Morgan fingerprint density at radius 1 is 1.13 bits per heavy atom. The van der Waals surface area contributed by atoms with Gasteiger partial charge in [0, 0.05) is 0 Å². The summed E-state index contributed by atoms with van der Waals surface area (Å²) in [6, 6.07) is 6.92. The maximum Gasteiger partial charge on any atom is 0.0827 e. The molecule has 0 N–H and O–H groups in total. The summed E-state index contributed by atoms with van der Waals surface area (Å²) in [5.41, 5.74) is 4.99. The molecule has 78 valence electrons. The molecule has 0 unspecified atom stereocenters. The second-order valence-electron chi connectivity index (χ2n) is 4.82. The highest BCUT2D eigenvalue weighted by Crippen LogP contribution is 2.45. The molecule has 0 aliphatic heterocycles. The number of hydrogen-bond donors (Lipinski definition) is 0. The van der Waals surface area contributed by atoms with Crippen LogP contribution in [0.3, 0.4) is 0 Å². The fourth-order valence-electron chi connectivity index (χ4n) is 2.88. The molecule has 0 aromatic heterocycles. The Kier molecular flexibility index (Phi) is 2.31. The minimum atomic E-state index is -0.165. The van der Waals surface area contributed by atoms with Gasteiger partial charge < -0.3 is 0 Å². The third-order valence-corrected chi connectivity index (χ3v) is 3.58. The first-order chi connectivity index (χ1) is 7.09. The van der Waals surface area contributed by atoms with Gasteiger partial charge in [-0.1, -0.05) is 17.7 Å². The molecule has 0 radical (unpaired) electrons. The lowest BCUT2D eigenvalue weighted by Crippen LogP contribution is -2.34. The summed E-state index contributed by atoms with van der Waals surface area (Å²) in [7, 11) is 0. The molecule has 0 spiro atoms. The van der Waals surface area contributed by atoms with Crippen LogP contribution in [0.2, 0.25) is 0 Å². The highest BCUT2D eigenvalue weighted by atomic mass is 14.5. The van der Waals surface area contributed by atoms with E-state index in [-0.39, 0.29) is 5.41 Å². The Labute approximate surface area is 91.7 Å². The quantitative estimate of drug-likeness (QED) is 0.678. The summed E-state index contributed by atoms with van der Waals surface area (Å²) in [5, 5.41) is 9.36. The average Bonchev–Trinajstić information content (AvgIpc) is 2.07. The molecule has 1 nitrogen and oxygen atoms in total. The Bertz CT molecular complexity index is 410. The number of aryl methyl sites for hydroxylation is 3. The lowest BCUT2D eigenvalue weighted by atomic mass is 9.63. The maximum atomic E-state index is 9.36. The molecular formula is C14H17N. The van der Waals surface area contributed by atoms with E-state index in [1.807, 2.05) is 0 Å². The highest BCUT2D eigenvalue weighted by molar-refractivity contribution is 5.47. The summed E-state index contributed by atoms with van der Waals surface area (Å²) in [6.45, 7) is 6.38. The molecule has 1 aliphatic carbocycles. The van der Waals surface area contributed by atoms with E-state index < -0.39 is 0 Å². The number of nitriles is 1. The molecule has 0 amide bonds. The van der Waals surface area contributed by atoms with Crippen LogP contribution in [-0.2, 0) is 5.41 Å². The lowest BCUT2D eigenvalue weighted by Gasteiger charge is -2.38. The summed E-state index contributed by atoms with van der Waals surface area (Å²) in [5.74, 6) is 0. The monoisotopic (exact) mass is 199 g/mol. The molecule has 2 rings (SSSR count). The van der Waals surface area contributed by atoms with Gasteiger partial charge in [-0.05, 0) is 56.7 Å². The molecule has 0 heterocycles. The van der Waals surface area contributed by atoms with E-state index in [9.17, 15) is 5.26 Å². The summed E-state index contributed by atoms with van der Waals surface area (Å²) in [4.78, 5) is 0. The van der Waals surface area contributed by atoms with Crippen molar-refractivity contribution in [1.82, 2.24) is 0 Å². The third-order valence-electron chi connectivity index (χ3n) is 3.58. The molecule has 1 aliphatic rings. The predicted molar refractivity (Wildman–Crippen MR) is 61.8 cm³/mol. The van der Waals surface area contributed by atoms with Gasteiger partial charge in [0.15, 0.2) is 0 Å². The van der Waals surface area contributed by atoms with Crippen molar-refractivity contribution in [2.45, 2.75) is 45.4 Å². The fraction of sp³-hybridized carbons (Fsp3) is 0.500. The number of hydrogen-bond acceptors (Lipinski definition) is 1. The van der Waals surface area contributed by atoms with Crippen molar-refractivity contribution in [3.63, 3.8) is 0 Å². The Balaban J connectivity index is 2.58.